The van der Waals surface area contributed by atoms with E-state index in [1.54, 1.807) is 0 Å². The molecule has 0 aromatic heterocycles. The average molecular weight is 277 g/mol. The zero-order chi connectivity index (χ0) is 15.0. The minimum Gasteiger partial charge on any atom is -0.372 e. The summed E-state index contributed by atoms with van der Waals surface area (Å²) in [6.45, 7) is 8.82. The maximum atomic E-state index is 11.9. The Kier molecular flexibility index (Phi) is 6.52. The standard InChI is InChI=1S/C16H27N3O/c1-4-19(14-9-6-5-7-10-14)12-8-11-18-15(20)16(2,3)13-17/h5-7,9-10H,4,8,11-13,17H2,1-3H3,(H,18,20). The summed E-state index contributed by atoms with van der Waals surface area (Å²) >= 11 is 0. The summed E-state index contributed by atoms with van der Waals surface area (Å²) < 4.78 is 0. The molecule has 3 N–H and O–H groups in total. The van der Waals surface area contributed by atoms with Crippen molar-refractivity contribution in [1.82, 2.24) is 5.32 Å². The van der Waals surface area contributed by atoms with Crippen molar-refractivity contribution in [2.75, 3.05) is 31.1 Å². The first kappa shape index (κ1) is 16.5. The van der Waals surface area contributed by atoms with Crippen LogP contribution in [-0.4, -0.2) is 32.1 Å². The van der Waals surface area contributed by atoms with Crippen molar-refractivity contribution in [3.8, 4) is 0 Å². The molecule has 0 atom stereocenters. The van der Waals surface area contributed by atoms with Gasteiger partial charge < -0.3 is 16.0 Å². The summed E-state index contributed by atoms with van der Waals surface area (Å²) in [5.74, 6) is 0.0303. The topological polar surface area (TPSA) is 58.4 Å². The molecule has 0 heterocycles. The van der Waals surface area contributed by atoms with Crippen LogP contribution in [0.15, 0.2) is 30.3 Å². The lowest BCUT2D eigenvalue weighted by atomic mass is 9.93. The predicted molar refractivity (Wildman–Crippen MR) is 84.8 cm³/mol. The molecule has 4 nitrogen and oxygen atoms in total. The number of rotatable bonds is 8. The Labute approximate surface area is 122 Å². The van der Waals surface area contributed by atoms with E-state index in [2.05, 4.69) is 29.3 Å². The molecule has 4 heteroatoms. The molecule has 0 bridgehead atoms. The van der Waals surface area contributed by atoms with E-state index in [1.807, 2.05) is 32.0 Å². The minimum atomic E-state index is -0.482. The number of hydrogen-bond acceptors (Lipinski definition) is 3. The molecular weight excluding hydrogens is 250 g/mol. The van der Waals surface area contributed by atoms with Gasteiger partial charge in [0.25, 0.3) is 0 Å². The highest BCUT2D eigenvalue weighted by Crippen LogP contribution is 2.14. The van der Waals surface area contributed by atoms with Gasteiger partial charge in [-0.3, -0.25) is 4.79 Å². The molecule has 0 radical (unpaired) electrons. The molecule has 20 heavy (non-hydrogen) atoms. The fraction of sp³-hybridized carbons (Fsp3) is 0.562. The van der Waals surface area contributed by atoms with Crippen molar-refractivity contribution < 1.29 is 4.79 Å². The number of carbonyl (C=O) groups is 1. The molecule has 0 aliphatic rings. The second-order valence-corrected chi connectivity index (χ2v) is 5.61. The molecule has 0 spiro atoms. The molecule has 112 valence electrons. The van der Waals surface area contributed by atoms with E-state index >= 15 is 0 Å². The Morgan fingerprint density at radius 1 is 1.30 bits per heavy atom. The SMILES string of the molecule is CCN(CCCNC(=O)C(C)(C)CN)c1ccccc1. The van der Waals surface area contributed by atoms with Crippen molar-refractivity contribution in [3.05, 3.63) is 30.3 Å². The maximum Gasteiger partial charge on any atom is 0.226 e. The van der Waals surface area contributed by atoms with E-state index in [-0.39, 0.29) is 5.91 Å². The molecule has 0 fully saturated rings. The Morgan fingerprint density at radius 3 is 2.50 bits per heavy atom. The largest absolute Gasteiger partial charge is 0.372 e. The zero-order valence-corrected chi connectivity index (χ0v) is 12.9. The van der Waals surface area contributed by atoms with Gasteiger partial charge >= 0.3 is 0 Å². The number of amides is 1. The number of benzene rings is 1. The smallest absolute Gasteiger partial charge is 0.226 e. The van der Waals surface area contributed by atoms with E-state index in [0.29, 0.717) is 13.1 Å². The summed E-state index contributed by atoms with van der Waals surface area (Å²) in [4.78, 5) is 14.2. The van der Waals surface area contributed by atoms with Crippen LogP contribution in [0.2, 0.25) is 0 Å². The Bertz CT molecular complexity index is 403. The van der Waals surface area contributed by atoms with Crippen molar-refractivity contribution in [2.45, 2.75) is 27.2 Å². The number of nitrogens with two attached hydrogens (primary N) is 1. The van der Waals surface area contributed by atoms with Crippen LogP contribution in [0.3, 0.4) is 0 Å². The van der Waals surface area contributed by atoms with E-state index < -0.39 is 5.41 Å². The first-order valence-electron chi connectivity index (χ1n) is 7.29. The lowest BCUT2D eigenvalue weighted by Crippen LogP contribution is -2.42. The van der Waals surface area contributed by atoms with Crippen molar-refractivity contribution in [2.24, 2.45) is 11.1 Å². The van der Waals surface area contributed by atoms with Gasteiger partial charge in [-0.2, -0.15) is 0 Å². The van der Waals surface area contributed by atoms with Crippen LogP contribution in [0.25, 0.3) is 0 Å². The van der Waals surface area contributed by atoms with Gasteiger partial charge in [-0.25, -0.2) is 0 Å². The van der Waals surface area contributed by atoms with Gasteiger partial charge in [0.2, 0.25) is 5.91 Å². The highest BCUT2D eigenvalue weighted by Gasteiger charge is 2.24. The van der Waals surface area contributed by atoms with Gasteiger partial charge in [0, 0.05) is 31.9 Å². The molecule has 1 aromatic rings. The normalized spacial score (nSPS) is 11.2. The van der Waals surface area contributed by atoms with Crippen LogP contribution in [0, 0.1) is 5.41 Å². The second-order valence-electron chi connectivity index (χ2n) is 5.61. The van der Waals surface area contributed by atoms with Crippen LogP contribution in [-0.2, 0) is 4.79 Å². The molecular formula is C16H27N3O. The summed E-state index contributed by atoms with van der Waals surface area (Å²) in [6, 6.07) is 10.3. The summed E-state index contributed by atoms with van der Waals surface area (Å²) in [6.07, 6.45) is 0.926. The molecule has 1 amide bonds. The lowest BCUT2D eigenvalue weighted by Gasteiger charge is -2.24. The highest BCUT2D eigenvalue weighted by molar-refractivity contribution is 5.81. The third-order valence-electron chi connectivity index (χ3n) is 3.52. The predicted octanol–water partition coefficient (Wildman–Crippen LogP) is 2.00. The van der Waals surface area contributed by atoms with E-state index in [1.165, 1.54) is 5.69 Å². The quantitative estimate of drug-likeness (QED) is 0.715. The van der Waals surface area contributed by atoms with Crippen LogP contribution in [0.1, 0.15) is 27.2 Å². The third kappa shape index (κ3) is 4.85. The number of nitrogens with one attached hydrogen (secondary N) is 1. The van der Waals surface area contributed by atoms with Crippen molar-refractivity contribution in [1.29, 1.82) is 0 Å². The molecule has 1 rings (SSSR count). The number of nitrogens with zero attached hydrogens (tertiary/aromatic N) is 1. The van der Waals surface area contributed by atoms with Crippen molar-refractivity contribution >= 4 is 11.6 Å². The fourth-order valence-corrected chi connectivity index (χ4v) is 1.91. The van der Waals surface area contributed by atoms with Gasteiger partial charge in [0.15, 0.2) is 0 Å². The minimum absolute atomic E-state index is 0.0303. The summed E-state index contributed by atoms with van der Waals surface area (Å²) in [5.41, 5.74) is 6.33. The van der Waals surface area contributed by atoms with Crippen LogP contribution < -0.4 is 16.0 Å². The summed E-state index contributed by atoms with van der Waals surface area (Å²) in [7, 11) is 0. The third-order valence-corrected chi connectivity index (χ3v) is 3.52. The monoisotopic (exact) mass is 277 g/mol. The van der Waals surface area contributed by atoms with Crippen LogP contribution >= 0.6 is 0 Å². The second kappa shape index (κ2) is 7.90. The van der Waals surface area contributed by atoms with E-state index in [0.717, 1.165) is 19.5 Å². The van der Waals surface area contributed by atoms with Gasteiger partial charge in [0.1, 0.15) is 0 Å². The van der Waals surface area contributed by atoms with Gasteiger partial charge in [-0.05, 0) is 39.3 Å². The Hall–Kier alpha value is -1.55. The molecule has 0 unspecified atom stereocenters. The number of hydrogen-bond donors (Lipinski definition) is 2. The van der Waals surface area contributed by atoms with Crippen LogP contribution in [0.5, 0.6) is 0 Å². The fourth-order valence-electron chi connectivity index (χ4n) is 1.91. The molecule has 0 aliphatic heterocycles. The molecule has 0 saturated carbocycles. The molecule has 0 aliphatic carbocycles. The Morgan fingerprint density at radius 2 is 1.95 bits per heavy atom. The molecule has 0 saturated heterocycles. The number of anilines is 1. The van der Waals surface area contributed by atoms with Crippen molar-refractivity contribution in [3.63, 3.8) is 0 Å². The number of carbonyl (C=O) groups excluding carboxylic acids is 1. The zero-order valence-electron chi connectivity index (χ0n) is 12.9. The first-order valence-corrected chi connectivity index (χ1v) is 7.29. The van der Waals surface area contributed by atoms with E-state index in [4.69, 9.17) is 5.73 Å². The summed E-state index contributed by atoms with van der Waals surface area (Å²) in [5, 5.41) is 2.96. The number of para-hydroxylation sites is 1. The Balaban J connectivity index is 2.35. The highest BCUT2D eigenvalue weighted by atomic mass is 16.2. The van der Waals surface area contributed by atoms with E-state index in [9.17, 15) is 4.79 Å². The van der Waals surface area contributed by atoms with Crippen LogP contribution in [0.4, 0.5) is 5.69 Å². The lowest BCUT2D eigenvalue weighted by molar-refractivity contribution is -0.128. The maximum absolute atomic E-state index is 11.9. The van der Waals surface area contributed by atoms with Gasteiger partial charge in [-0.15, -0.1) is 0 Å². The average Bonchev–Trinajstić information content (AvgIpc) is 2.48. The van der Waals surface area contributed by atoms with Gasteiger partial charge in [0.05, 0.1) is 5.41 Å². The van der Waals surface area contributed by atoms with Gasteiger partial charge in [-0.1, -0.05) is 18.2 Å². The first-order chi connectivity index (χ1) is 9.51. The molecule has 1 aromatic carbocycles.